The Kier molecular flexibility index (Phi) is 3.58. The highest BCUT2D eigenvalue weighted by Crippen LogP contribution is 2.28. The van der Waals surface area contributed by atoms with Crippen molar-refractivity contribution in [2.75, 3.05) is 7.05 Å². The monoisotopic (exact) mass is 268 g/mol. The van der Waals surface area contributed by atoms with Gasteiger partial charge in [0.05, 0.1) is 6.17 Å². The highest BCUT2D eigenvalue weighted by atomic mass is 127. The first kappa shape index (κ1) is 9.74. The minimum Gasteiger partial charge on any atom is -0.304 e. The molecule has 3 unspecified atom stereocenters. The summed E-state index contributed by atoms with van der Waals surface area (Å²) in [6.45, 7) is 4.56. The Bertz CT molecular complexity index is 127. The Morgan fingerprint density at radius 2 is 2.27 bits per heavy atom. The lowest BCUT2D eigenvalue weighted by atomic mass is 9.99. The van der Waals surface area contributed by atoms with Crippen molar-refractivity contribution in [1.82, 2.24) is 10.6 Å². The normalized spacial score (nSPS) is 34.9. The van der Waals surface area contributed by atoms with Crippen molar-refractivity contribution in [2.24, 2.45) is 5.92 Å². The molecule has 0 aromatic heterocycles. The van der Waals surface area contributed by atoms with Crippen LogP contribution in [0.3, 0.4) is 0 Å². The first-order valence-electron chi connectivity index (χ1n) is 4.28. The van der Waals surface area contributed by atoms with Crippen molar-refractivity contribution in [2.45, 2.75) is 36.4 Å². The van der Waals surface area contributed by atoms with Gasteiger partial charge in [0, 0.05) is 9.97 Å². The average molecular weight is 268 g/mol. The summed E-state index contributed by atoms with van der Waals surface area (Å²) in [5, 5.41) is 6.68. The van der Waals surface area contributed by atoms with Crippen molar-refractivity contribution in [3.63, 3.8) is 0 Å². The lowest BCUT2D eigenvalue weighted by molar-refractivity contribution is 0.489. The Labute approximate surface area is 82.6 Å². The molecule has 1 heterocycles. The van der Waals surface area contributed by atoms with Gasteiger partial charge in [-0.2, -0.15) is 0 Å². The molecule has 0 bridgehead atoms. The van der Waals surface area contributed by atoms with Crippen LogP contribution in [0.2, 0.25) is 0 Å². The topological polar surface area (TPSA) is 34.0 Å². The summed E-state index contributed by atoms with van der Waals surface area (Å²) in [7, 11) is 2.02. The quantitative estimate of drug-likeness (QED) is 0.458. The van der Waals surface area contributed by atoms with Gasteiger partial charge in [0.2, 0.25) is 0 Å². The van der Waals surface area contributed by atoms with E-state index in [1.54, 1.807) is 0 Å². The molecule has 0 radical (unpaired) electrons. The van der Waals surface area contributed by atoms with Crippen molar-refractivity contribution in [3.05, 3.63) is 0 Å². The molecule has 0 aromatic carbocycles. The van der Waals surface area contributed by atoms with E-state index < -0.39 is 0 Å². The van der Waals surface area contributed by atoms with E-state index in [2.05, 4.69) is 47.1 Å². The highest BCUT2D eigenvalue weighted by molar-refractivity contribution is 14.1. The average Bonchev–Trinajstić information content (AvgIpc) is 2.68. The number of likely N-dealkylation sites (N-methyl/N-ethyl adjacent to an activating group) is 1. The highest BCUT2D eigenvalue weighted by Gasteiger charge is 2.41. The molecule has 0 spiro atoms. The van der Waals surface area contributed by atoms with Crippen LogP contribution in [0.4, 0.5) is 0 Å². The van der Waals surface area contributed by atoms with Gasteiger partial charge in [0.25, 0.3) is 0 Å². The molecule has 1 aliphatic rings. The number of rotatable bonds is 4. The van der Waals surface area contributed by atoms with E-state index in [0.717, 1.165) is 15.9 Å². The molecule has 0 aliphatic carbocycles. The van der Waals surface area contributed by atoms with Crippen LogP contribution < -0.4 is 10.6 Å². The van der Waals surface area contributed by atoms with E-state index in [-0.39, 0.29) is 0 Å². The van der Waals surface area contributed by atoms with E-state index >= 15 is 0 Å². The maximum absolute atomic E-state index is 3.43. The molecule has 1 saturated heterocycles. The predicted molar refractivity (Wildman–Crippen MR) is 57.0 cm³/mol. The maximum Gasteiger partial charge on any atom is 0.0734 e. The molecule has 3 heteroatoms. The van der Waals surface area contributed by atoms with Crippen molar-refractivity contribution < 1.29 is 0 Å². The van der Waals surface area contributed by atoms with Crippen LogP contribution >= 0.6 is 22.6 Å². The Morgan fingerprint density at radius 1 is 1.64 bits per heavy atom. The van der Waals surface area contributed by atoms with Gasteiger partial charge in [0.15, 0.2) is 0 Å². The maximum atomic E-state index is 3.43. The van der Waals surface area contributed by atoms with Gasteiger partial charge in [-0.15, -0.1) is 0 Å². The van der Waals surface area contributed by atoms with E-state index in [1.165, 1.54) is 6.42 Å². The predicted octanol–water partition coefficient (Wildman–Crippen LogP) is 1.35. The van der Waals surface area contributed by atoms with Crippen LogP contribution in [0.1, 0.15) is 20.3 Å². The largest absolute Gasteiger partial charge is 0.304 e. The van der Waals surface area contributed by atoms with Gasteiger partial charge in [-0.3, -0.25) is 5.32 Å². The second kappa shape index (κ2) is 4.05. The van der Waals surface area contributed by atoms with E-state index in [4.69, 9.17) is 0 Å². The van der Waals surface area contributed by atoms with Crippen LogP contribution in [0.25, 0.3) is 0 Å². The van der Waals surface area contributed by atoms with Crippen molar-refractivity contribution in [3.8, 4) is 0 Å². The summed E-state index contributed by atoms with van der Waals surface area (Å²) in [5.74, 6) is 0.827. The van der Waals surface area contributed by atoms with Crippen molar-refractivity contribution >= 4 is 22.6 Å². The fraction of sp³-hybridized carbons (Fsp3) is 1.00. The SMILES string of the molecule is CCC(C1NC1NC)[C@@H](C)I. The summed E-state index contributed by atoms with van der Waals surface area (Å²) >= 11 is 2.52. The lowest BCUT2D eigenvalue weighted by Gasteiger charge is -2.15. The molecule has 0 amide bonds. The van der Waals surface area contributed by atoms with E-state index in [1.807, 2.05) is 7.05 Å². The molecule has 66 valence electrons. The molecular formula is C8H17IN2. The zero-order valence-corrected chi connectivity index (χ0v) is 9.55. The van der Waals surface area contributed by atoms with E-state index in [0.29, 0.717) is 6.17 Å². The molecular weight excluding hydrogens is 251 g/mol. The third-order valence-corrected chi connectivity index (χ3v) is 3.38. The summed E-state index contributed by atoms with van der Waals surface area (Å²) < 4.78 is 0.772. The van der Waals surface area contributed by atoms with Gasteiger partial charge >= 0.3 is 0 Å². The zero-order chi connectivity index (χ0) is 8.43. The Balaban J connectivity index is 2.33. The summed E-state index contributed by atoms with van der Waals surface area (Å²) in [6, 6.07) is 0.719. The van der Waals surface area contributed by atoms with Gasteiger partial charge in [-0.25, -0.2) is 0 Å². The molecule has 2 N–H and O–H groups in total. The summed E-state index contributed by atoms with van der Waals surface area (Å²) in [5.41, 5.74) is 0. The van der Waals surface area contributed by atoms with Crippen molar-refractivity contribution in [1.29, 1.82) is 0 Å². The smallest absolute Gasteiger partial charge is 0.0734 e. The molecule has 1 aliphatic heterocycles. The molecule has 0 saturated carbocycles. The number of hydrogen-bond donors (Lipinski definition) is 2. The number of halogens is 1. The molecule has 2 nitrogen and oxygen atoms in total. The van der Waals surface area contributed by atoms with Crippen LogP contribution in [0, 0.1) is 5.92 Å². The second-order valence-corrected chi connectivity index (χ2v) is 5.17. The first-order chi connectivity index (χ1) is 5.20. The fourth-order valence-electron chi connectivity index (χ4n) is 1.65. The second-order valence-electron chi connectivity index (χ2n) is 3.21. The standard InChI is InChI=1S/C8H17IN2/c1-4-6(5(2)9)7-8(10-3)11-7/h5-8,10-11H,4H2,1-3H3/t5-,6?,7?,8?/m1/s1. The van der Waals surface area contributed by atoms with Crippen LogP contribution in [-0.2, 0) is 0 Å². The minimum absolute atomic E-state index is 0.581. The fourth-order valence-corrected chi connectivity index (χ4v) is 2.61. The lowest BCUT2D eigenvalue weighted by Crippen LogP contribution is -2.23. The zero-order valence-electron chi connectivity index (χ0n) is 7.39. The van der Waals surface area contributed by atoms with Crippen LogP contribution in [0.15, 0.2) is 0 Å². The molecule has 4 atom stereocenters. The van der Waals surface area contributed by atoms with Gasteiger partial charge in [0.1, 0.15) is 0 Å². The molecule has 1 fully saturated rings. The number of nitrogens with one attached hydrogen (secondary N) is 2. The number of alkyl halides is 1. The van der Waals surface area contributed by atoms with Gasteiger partial charge in [-0.05, 0) is 13.0 Å². The van der Waals surface area contributed by atoms with Crippen LogP contribution in [-0.4, -0.2) is 23.2 Å². The third-order valence-electron chi connectivity index (χ3n) is 2.46. The third kappa shape index (κ3) is 2.29. The number of hydrogen-bond acceptors (Lipinski definition) is 2. The molecule has 1 rings (SSSR count). The molecule has 0 aromatic rings. The first-order valence-corrected chi connectivity index (χ1v) is 5.52. The summed E-state index contributed by atoms with van der Waals surface area (Å²) in [4.78, 5) is 0. The van der Waals surface area contributed by atoms with Gasteiger partial charge < -0.3 is 5.32 Å². The van der Waals surface area contributed by atoms with Gasteiger partial charge in [-0.1, -0.05) is 42.9 Å². The molecule has 11 heavy (non-hydrogen) atoms. The Morgan fingerprint density at radius 3 is 2.55 bits per heavy atom. The van der Waals surface area contributed by atoms with E-state index in [9.17, 15) is 0 Å². The Hall–Kier alpha value is 0.650. The van der Waals surface area contributed by atoms with Crippen LogP contribution in [0.5, 0.6) is 0 Å². The minimum atomic E-state index is 0.581. The summed E-state index contributed by atoms with van der Waals surface area (Å²) in [6.07, 6.45) is 1.86.